The van der Waals surface area contributed by atoms with Crippen LogP contribution in [0.3, 0.4) is 0 Å². The van der Waals surface area contributed by atoms with Crippen molar-refractivity contribution < 1.29 is 19.1 Å². The third-order valence-corrected chi connectivity index (χ3v) is 8.24. The lowest BCUT2D eigenvalue weighted by molar-refractivity contribution is -0.117. The number of anilines is 3. The van der Waals surface area contributed by atoms with Crippen LogP contribution in [-0.2, 0) is 4.79 Å². The molecule has 1 aliphatic heterocycles. The van der Waals surface area contributed by atoms with Crippen LogP contribution in [0, 0.1) is 6.92 Å². The van der Waals surface area contributed by atoms with Gasteiger partial charge in [-0.05, 0) is 74.2 Å². The first-order chi connectivity index (χ1) is 19.4. The molecule has 10 heteroatoms. The maximum atomic E-state index is 13.5. The number of hydrogen-bond donors (Lipinski definition) is 3. The van der Waals surface area contributed by atoms with Crippen molar-refractivity contribution in [2.45, 2.75) is 38.3 Å². The molecule has 0 radical (unpaired) electrons. The molecule has 4 amide bonds. The van der Waals surface area contributed by atoms with E-state index in [1.807, 2.05) is 55.5 Å². The summed E-state index contributed by atoms with van der Waals surface area (Å²) in [5.41, 5.74) is 2.68. The molecule has 1 aliphatic carbocycles. The van der Waals surface area contributed by atoms with Crippen LogP contribution in [-0.4, -0.2) is 34.9 Å². The maximum Gasteiger partial charge on any atom is 0.331 e. The molecule has 202 valence electrons. The lowest BCUT2D eigenvalue weighted by Crippen LogP contribution is -2.37. The van der Waals surface area contributed by atoms with Gasteiger partial charge in [-0.2, -0.15) is 0 Å². The van der Waals surface area contributed by atoms with Crippen LogP contribution in [0.1, 0.15) is 34.5 Å². The maximum absolute atomic E-state index is 13.5. The van der Waals surface area contributed by atoms with Crippen LogP contribution >= 0.6 is 11.3 Å². The van der Waals surface area contributed by atoms with Crippen LogP contribution in [0.25, 0.3) is 10.2 Å². The highest BCUT2D eigenvalue weighted by molar-refractivity contribution is 7.21. The smallest absolute Gasteiger partial charge is 0.331 e. The van der Waals surface area contributed by atoms with Crippen molar-refractivity contribution in [1.82, 2.24) is 15.6 Å². The summed E-state index contributed by atoms with van der Waals surface area (Å²) in [5, 5.41) is 9.64. The van der Waals surface area contributed by atoms with Gasteiger partial charge in [0.1, 0.15) is 21.2 Å². The molecule has 0 bridgehead atoms. The molecule has 0 saturated heterocycles. The molecule has 4 aromatic rings. The predicted octanol–water partition coefficient (Wildman–Crippen LogP) is 6.03. The fraction of sp³-hybridized carbons (Fsp3) is 0.200. The zero-order valence-corrected chi connectivity index (χ0v) is 22.6. The largest absolute Gasteiger partial charge is 0.457 e. The van der Waals surface area contributed by atoms with E-state index in [0.717, 1.165) is 29.5 Å². The summed E-state index contributed by atoms with van der Waals surface area (Å²) in [6.45, 7) is 5.41. The lowest BCUT2D eigenvalue weighted by atomic mass is 10.1. The molecule has 1 fully saturated rings. The number of rotatable bonds is 7. The Morgan fingerprint density at radius 3 is 2.60 bits per heavy atom. The molecule has 2 aromatic heterocycles. The van der Waals surface area contributed by atoms with E-state index >= 15 is 0 Å². The number of amides is 4. The summed E-state index contributed by atoms with van der Waals surface area (Å²) in [7, 11) is 0. The minimum Gasteiger partial charge on any atom is -0.457 e. The number of para-hydroxylation sites is 1. The minimum atomic E-state index is -0.361. The van der Waals surface area contributed by atoms with E-state index < -0.39 is 0 Å². The van der Waals surface area contributed by atoms with Crippen molar-refractivity contribution in [3.63, 3.8) is 0 Å². The Bertz CT molecular complexity index is 1650. The van der Waals surface area contributed by atoms with Gasteiger partial charge in [0.25, 0.3) is 5.91 Å². The van der Waals surface area contributed by atoms with Crippen LogP contribution in [0.5, 0.6) is 11.5 Å². The van der Waals surface area contributed by atoms with Crippen LogP contribution in [0.2, 0.25) is 0 Å². The number of hydrogen-bond acceptors (Lipinski definition) is 6. The van der Waals surface area contributed by atoms with Crippen molar-refractivity contribution in [1.29, 1.82) is 0 Å². The number of nitrogens with zero attached hydrogens (tertiary/aromatic N) is 2. The number of benzene rings is 2. The van der Waals surface area contributed by atoms with Gasteiger partial charge in [0, 0.05) is 18.3 Å². The fourth-order valence-electron chi connectivity index (χ4n) is 5.31. The van der Waals surface area contributed by atoms with E-state index in [2.05, 4.69) is 27.5 Å². The minimum absolute atomic E-state index is 0.00851. The Balaban J connectivity index is 1.27. The normalized spacial score (nSPS) is 17.8. The molecule has 0 unspecified atom stereocenters. The highest BCUT2D eigenvalue weighted by Crippen LogP contribution is 2.46. The van der Waals surface area contributed by atoms with Gasteiger partial charge >= 0.3 is 6.03 Å². The van der Waals surface area contributed by atoms with E-state index in [0.29, 0.717) is 38.9 Å². The zero-order chi connectivity index (χ0) is 27.8. The molecular weight excluding hydrogens is 526 g/mol. The van der Waals surface area contributed by atoms with Gasteiger partial charge in [-0.15, -0.1) is 11.3 Å². The van der Waals surface area contributed by atoms with Crippen molar-refractivity contribution in [3.05, 3.63) is 83.9 Å². The molecule has 40 heavy (non-hydrogen) atoms. The van der Waals surface area contributed by atoms with E-state index in [1.165, 1.54) is 17.4 Å². The second-order valence-electron chi connectivity index (χ2n) is 9.84. The van der Waals surface area contributed by atoms with Gasteiger partial charge in [-0.3, -0.25) is 14.5 Å². The lowest BCUT2D eigenvalue weighted by Gasteiger charge is -2.29. The van der Waals surface area contributed by atoms with Crippen LogP contribution < -0.4 is 25.6 Å². The SMILES string of the molecule is C=CC(=O)N[C@@H]1CC[C@H](NC(=O)c2sc3nccc4c3c2NC(=O)N4c2ccc(Oc3ccccc3)cc2C)C1. The van der Waals surface area contributed by atoms with Gasteiger partial charge in [0.05, 0.1) is 22.4 Å². The number of thiophene rings is 1. The summed E-state index contributed by atoms with van der Waals surface area (Å²) >= 11 is 1.25. The second-order valence-corrected chi connectivity index (χ2v) is 10.8. The molecule has 0 spiro atoms. The van der Waals surface area contributed by atoms with Gasteiger partial charge in [0.15, 0.2) is 0 Å². The zero-order valence-electron chi connectivity index (χ0n) is 21.8. The predicted molar refractivity (Wildman–Crippen MR) is 156 cm³/mol. The van der Waals surface area contributed by atoms with Crippen molar-refractivity contribution in [2.75, 3.05) is 10.2 Å². The average molecular weight is 554 g/mol. The van der Waals surface area contributed by atoms with Crippen LogP contribution in [0.4, 0.5) is 21.9 Å². The molecule has 2 atom stereocenters. The molecular formula is C30H27N5O4S. The Labute approximate surface area is 234 Å². The topological polar surface area (TPSA) is 113 Å². The van der Waals surface area contributed by atoms with Gasteiger partial charge < -0.3 is 20.7 Å². The third kappa shape index (κ3) is 4.77. The van der Waals surface area contributed by atoms with E-state index in [1.54, 1.807) is 17.2 Å². The first kappa shape index (κ1) is 25.6. The van der Waals surface area contributed by atoms with Gasteiger partial charge in [-0.25, -0.2) is 9.78 Å². The number of urea groups is 1. The quantitative estimate of drug-likeness (QED) is 0.242. The van der Waals surface area contributed by atoms with E-state index in [4.69, 9.17) is 4.74 Å². The Morgan fingerprint density at radius 1 is 1.07 bits per heavy atom. The number of pyridine rings is 1. The van der Waals surface area contributed by atoms with Gasteiger partial charge in [0.2, 0.25) is 5.91 Å². The molecule has 6 rings (SSSR count). The molecule has 3 heterocycles. The number of aromatic nitrogens is 1. The number of carbonyl (C=O) groups is 3. The fourth-order valence-corrected chi connectivity index (χ4v) is 6.33. The van der Waals surface area contributed by atoms with Crippen molar-refractivity contribution >= 4 is 56.5 Å². The third-order valence-electron chi connectivity index (χ3n) is 7.14. The summed E-state index contributed by atoms with van der Waals surface area (Å²) in [6, 6.07) is 16.4. The molecule has 2 aliphatic rings. The first-order valence-corrected chi connectivity index (χ1v) is 13.8. The van der Waals surface area contributed by atoms with E-state index in [-0.39, 0.29) is 29.9 Å². The average Bonchev–Trinajstić information content (AvgIpc) is 3.55. The molecule has 1 saturated carbocycles. The highest BCUT2D eigenvalue weighted by atomic mass is 32.1. The van der Waals surface area contributed by atoms with Gasteiger partial charge in [-0.1, -0.05) is 24.8 Å². The summed E-state index contributed by atoms with van der Waals surface area (Å²) in [5.74, 6) is 0.907. The summed E-state index contributed by atoms with van der Waals surface area (Å²) < 4.78 is 5.96. The van der Waals surface area contributed by atoms with Crippen LogP contribution in [0.15, 0.2) is 73.4 Å². The molecule has 9 nitrogen and oxygen atoms in total. The number of nitrogens with one attached hydrogen (secondary N) is 3. The number of carbonyl (C=O) groups excluding carboxylic acids is 3. The summed E-state index contributed by atoms with van der Waals surface area (Å²) in [6.07, 6.45) is 5.06. The Morgan fingerprint density at radius 2 is 1.85 bits per heavy atom. The Kier molecular flexibility index (Phi) is 6.69. The Hall–Kier alpha value is -4.70. The van der Waals surface area contributed by atoms with Crippen molar-refractivity contribution in [2.24, 2.45) is 0 Å². The standard InChI is InChI=1S/C30H27N5O4S/c1-3-24(36)32-18-9-10-19(16-18)33-28(37)27-26-25-23(13-14-31-29(25)40-27)35(30(38)34-26)22-12-11-21(15-17(22)2)39-20-7-5-4-6-8-20/h3-8,11-15,18-19H,1,9-10,16H2,2H3,(H,32,36)(H,33,37)(H,34,38)/t18-,19+/m1/s1. The summed E-state index contributed by atoms with van der Waals surface area (Å²) in [4.78, 5) is 45.7. The molecule has 2 aromatic carbocycles. The first-order valence-electron chi connectivity index (χ1n) is 13.0. The number of ether oxygens (including phenoxy) is 1. The van der Waals surface area contributed by atoms with Crippen molar-refractivity contribution in [3.8, 4) is 11.5 Å². The number of aryl methyl sites for hydroxylation is 1. The second kappa shape index (κ2) is 10.5. The highest BCUT2D eigenvalue weighted by Gasteiger charge is 2.34. The monoisotopic (exact) mass is 553 g/mol. The molecule has 3 N–H and O–H groups in total. The van der Waals surface area contributed by atoms with E-state index in [9.17, 15) is 14.4 Å².